The van der Waals surface area contributed by atoms with Crippen LogP contribution in [-0.2, 0) is 0 Å². The van der Waals surface area contributed by atoms with Gasteiger partial charge in [0.2, 0.25) is 0 Å². The van der Waals surface area contributed by atoms with E-state index in [1.165, 1.54) is 19.5 Å². The molecule has 3 rings (SSSR count). The van der Waals surface area contributed by atoms with Crippen LogP contribution in [-0.4, -0.2) is 32.8 Å². The van der Waals surface area contributed by atoms with Crippen molar-refractivity contribution in [3.63, 3.8) is 0 Å². The fraction of sp³-hybridized carbons (Fsp3) is 0.0556. The number of ether oxygens (including phenoxy) is 1. The smallest absolute Gasteiger partial charge is 0.185 e. The average Bonchev–Trinajstić information content (AvgIpc) is 3.17. The molecule has 0 aliphatic carbocycles. The van der Waals surface area contributed by atoms with Gasteiger partial charge in [0.15, 0.2) is 17.3 Å². The maximum Gasteiger partial charge on any atom is 0.185 e. The number of carbonyl (C=O) groups is 1. The maximum atomic E-state index is 12.3. The first-order chi connectivity index (χ1) is 12.1. The molecule has 1 N–H and O–H groups in total. The van der Waals surface area contributed by atoms with Crippen LogP contribution in [0.1, 0.15) is 15.9 Å². The number of nitrogens with zero attached hydrogens (tertiary/aromatic N) is 3. The lowest BCUT2D eigenvalue weighted by molar-refractivity contribution is 0.104. The second-order valence-corrected chi connectivity index (χ2v) is 5.55. The second kappa shape index (κ2) is 7.19. The predicted molar refractivity (Wildman–Crippen MR) is 94.4 cm³/mol. The minimum atomic E-state index is -0.159. The molecular formula is C18H14ClN3O3. The summed E-state index contributed by atoms with van der Waals surface area (Å²) < 4.78 is 6.65. The fourth-order valence-electron chi connectivity index (χ4n) is 2.23. The molecule has 1 aromatic heterocycles. The molecule has 6 nitrogen and oxygen atoms in total. The van der Waals surface area contributed by atoms with Gasteiger partial charge in [-0.15, -0.1) is 0 Å². The van der Waals surface area contributed by atoms with Gasteiger partial charge in [-0.05, 0) is 48.0 Å². The van der Waals surface area contributed by atoms with Crippen molar-refractivity contribution in [3.8, 4) is 17.2 Å². The second-order valence-electron chi connectivity index (χ2n) is 5.14. The van der Waals surface area contributed by atoms with Gasteiger partial charge < -0.3 is 9.84 Å². The zero-order chi connectivity index (χ0) is 17.8. The van der Waals surface area contributed by atoms with E-state index < -0.39 is 0 Å². The van der Waals surface area contributed by atoms with Gasteiger partial charge in [0.1, 0.15) is 12.7 Å². The highest BCUT2D eigenvalue weighted by atomic mass is 35.5. The Hall–Kier alpha value is -3.12. The van der Waals surface area contributed by atoms with E-state index in [1.807, 2.05) is 0 Å². The van der Waals surface area contributed by atoms with Crippen molar-refractivity contribution in [1.29, 1.82) is 0 Å². The molecule has 25 heavy (non-hydrogen) atoms. The van der Waals surface area contributed by atoms with Crippen molar-refractivity contribution < 1.29 is 14.6 Å². The number of phenolic OH excluding ortho intramolecular Hbond substituents is 1. The summed E-state index contributed by atoms with van der Waals surface area (Å²) in [4.78, 5) is 16.2. The van der Waals surface area contributed by atoms with Crippen LogP contribution in [0.15, 0.2) is 55.1 Å². The molecule has 0 atom stereocenters. The average molecular weight is 356 g/mol. The monoisotopic (exact) mass is 355 g/mol. The van der Waals surface area contributed by atoms with Crippen LogP contribution in [0.2, 0.25) is 5.02 Å². The molecule has 3 aromatic rings. The lowest BCUT2D eigenvalue weighted by Crippen LogP contribution is -1.97. The Morgan fingerprint density at radius 3 is 2.68 bits per heavy atom. The Labute approximate surface area is 149 Å². The summed E-state index contributed by atoms with van der Waals surface area (Å²) in [5.74, 6) is -0.0403. The van der Waals surface area contributed by atoms with Gasteiger partial charge in [-0.25, -0.2) is 9.67 Å². The molecule has 1 heterocycles. The van der Waals surface area contributed by atoms with Crippen LogP contribution in [0.5, 0.6) is 11.5 Å². The van der Waals surface area contributed by atoms with E-state index in [9.17, 15) is 9.90 Å². The molecule has 0 amide bonds. The van der Waals surface area contributed by atoms with Crippen molar-refractivity contribution in [2.75, 3.05) is 7.11 Å². The minimum absolute atomic E-state index is 0.128. The number of halogens is 1. The van der Waals surface area contributed by atoms with Crippen LogP contribution in [0.3, 0.4) is 0 Å². The predicted octanol–water partition coefficient (Wildman–Crippen LogP) is 3.53. The highest BCUT2D eigenvalue weighted by molar-refractivity contribution is 6.32. The maximum absolute atomic E-state index is 12.3. The highest BCUT2D eigenvalue weighted by Crippen LogP contribution is 2.35. The van der Waals surface area contributed by atoms with Crippen LogP contribution >= 0.6 is 11.6 Å². The van der Waals surface area contributed by atoms with E-state index in [0.717, 1.165) is 5.69 Å². The van der Waals surface area contributed by atoms with Crippen molar-refractivity contribution in [2.45, 2.75) is 0 Å². The molecule has 0 fully saturated rings. The fourth-order valence-corrected chi connectivity index (χ4v) is 2.45. The van der Waals surface area contributed by atoms with E-state index in [1.54, 1.807) is 53.5 Å². The molecule has 126 valence electrons. The molecule has 0 aliphatic heterocycles. The van der Waals surface area contributed by atoms with Gasteiger partial charge >= 0.3 is 0 Å². The number of allylic oxidation sites excluding steroid dienone is 1. The topological polar surface area (TPSA) is 77.2 Å². The SMILES string of the molecule is COc1cc(C=CC(=O)c2ccc(-n3cncn3)cc2)cc(Cl)c1O. The number of benzene rings is 2. The molecule has 0 saturated carbocycles. The third-order valence-corrected chi connectivity index (χ3v) is 3.82. The first kappa shape index (κ1) is 16.7. The Morgan fingerprint density at radius 1 is 1.28 bits per heavy atom. The van der Waals surface area contributed by atoms with Crippen LogP contribution < -0.4 is 4.74 Å². The summed E-state index contributed by atoms with van der Waals surface area (Å²) >= 11 is 5.93. The molecule has 0 unspecified atom stereocenters. The van der Waals surface area contributed by atoms with Crippen molar-refractivity contribution in [2.24, 2.45) is 0 Å². The minimum Gasteiger partial charge on any atom is -0.503 e. The van der Waals surface area contributed by atoms with Crippen LogP contribution in [0.4, 0.5) is 0 Å². The number of ketones is 1. The Morgan fingerprint density at radius 2 is 2.04 bits per heavy atom. The summed E-state index contributed by atoms with van der Waals surface area (Å²) in [5.41, 5.74) is 2.00. The third kappa shape index (κ3) is 3.70. The lowest BCUT2D eigenvalue weighted by atomic mass is 10.1. The molecule has 0 radical (unpaired) electrons. The first-order valence-electron chi connectivity index (χ1n) is 7.32. The van der Waals surface area contributed by atoms with E-state index in [0.29, 0.717) is 11.1 Å². The largest absolute Gasteiger partial charge is 0.503 e. The van der Waals surface area contributed by atoms with Gasteiger partial charge in [0.05, 0.1) is 17.8 Å². The molecule has 0 saturated heterocycles. The summed E-state index contributed by atoms with van der Waals surface area (Å²) in [7, 11) is 1.43. The van der Waals surface area contributed by atoms with Gasteiger partial charge in [-0.1, -0.05) is 17.7 Å². The quantitative estimate of drug-likeness (QED) is 0.559. The van der Waals surface area contributed by atoms with Gasteiger partial charge in [-0.2, -0.15) is 5.10 Å². The summed E-state index contributed by atoms with van der Waals surface area (Å²) in [6, 6.07) is 10.2. The lowest BCUT2D eigenvalue weighted by Gasteiger charge is -2.06. The van der Waals surface area contributed by atoms with E-state index in [-0.39, 0.29) is 22.3 Å². The third-order valence-electron chi connectivity index (χ3n) is 3.53. The number of aromatic nitrogens is 3. The number of rotatable bonds is 5. The molecule has 0 aliphatic rings. The number of methoxy groups -OCH3 is 1. The zero-order valence-corrected chi connectivity index (χ0v) is 14.0. The van der Waals surface area contributed by atoms with Gasteiger partial charge in [0, 0.05) is 5.56 Å². The first-order valence-corrected chi connectivity index (χ1v) is 7.70. The number of phenols is 1. The highest BCUT2D eigenvalue weighted by Gasteiger charge is 2.08. The van der Waals surface area contributed by atoms with Crippen LogP contribution in [0.25, 0.3) is 11.8 Å². The van der Waals surface area contributed by atoms with Crippen molar-refractivity contribution in [3.05, 3.63) is 71.3 Å². The molecule has 2 aromatic carbocycles. The molecular weight excluding hydrogens is 342 g/mol. The standard InChI is InChI=1S/C18H14ClN3O3/c1-25-17-9-12(8-15(19)18(17)24)2-7-16(23)13-3-5-14(6-4-13)22-11-20-10-21-22/h2-11,24H,1H3. The Bertz CT molecular complexity index is 919. The normalized spacial score (nSPS) is 11.0. The number of hydrogen-bond acceptors (Lipinski definition) is 5. The number of aromatic hydroxyl groups is 1. The summed E-state index contributed by atoms with van der Waals surface area (Å²) in [6.45, 7) is 0. The molecule has 0 bridgehead atoms. The van der Waals surface area contributed by atoms with E-state index in [4.69, 9.17) is 16.3 Å². The Balaban J connectivity index is 1.78. The summed E-state index contributed by atoms with van der Waals surface area (Å²) in [5, 5.41) is 13.9. The van der Waals surface area contributed by atoms with Gasteiger partial charge in [-0.3, -0.25) is 4.79 Å². The van der Waals surface area contributed by atoms with Crippen molar-refractivity contribution >= 4 is 23.5 Å². The van der Waals surface area contributed by atoms with Gasteiger partial charge in [0.25, 0.3) is 0 Å². The Kier molecular flexibility index (Phi) is 4.81. The van der Waals surface area contributed by atoms with E-state index in [2.05, 4.69) is 10.1 Å². The van der Waals surface area contributed by atoms with Crippen LogP contribution in [0, 0.1) is 0 Å². The molecule has 0 spiro atoms. The van der Waals surface area contributed by atoms with E-state index >= 15 is 0 Å². The number of hydrogen-bond donors (Lipinski definition) is 1. The zero-order valence-electron chi connectivity index (χ0n) is 13.3. The summed E-state index contributed by atoms with van der Waals surface area (Å²) in [6.07, 6.45) is 6.08. The molecule has 7 heteroatoms. The number of carbonyl (C=O) groups excluding carboxylic acids is 1. The van der Waals surface area contributed by atoms with Crippen molar-refractivity contribution in [1.82, 2.24) is 14.8 Å².